The highest BCUT2D eigenvalue weighted by Crippen LogP contribution is 2.36. The van der Waals surface area contributed by atoms with E-state index < -0.39 is 0 Å². The number of esters is 1. The van der Waals surface area contributed by atoms with E-state index in [4.69, 9.17) is 14.6 Å². The zero-order chi connectivity index (χ0) is 20.4. The molecule has 0 atom stereocenters. The summed E-state index contributed by atoms with van der Waals surface area (Å²) in [5, 5.41) is 6.00. The highest BCUT2D eigenvalue weighted by atomic mass is 79.9. The zero-order valence-corrected chi connectivity index (χ0v) is 18.4. The van der Waals surface area contributed by atoms with Crippen molar-refractivity contribution in [3.8, 4) is 5.75 Å². The number of fused-ring (bicyclic) bond motifs is 1. The smallest absolute Gasteiger partial charge is 0.310 e. The van der Waals surface area contributed by atoms with Gasteiger partial charge in [0.25, 0.3) is 0 Å². The summed E-state index contributed by atoms with van der Waals surface area (Å²) in [4.78, 5) is 12.0. The average molecular weight is 457 g/mol. The van der Waals surface area contributed by atoms with Crippen LogP contribution < -0.4 is 4.74 Å². The molecule has 152 valence electrons. The molecule has 6 heteroatoms. The molecular formula is C23H25BrN2O3. The lowest BCUT2D eigenvalue weighted by Crippen LogP contribution is -2.18. The third-order valence-electron chi connectivity index (χ3n) is 5.45. The van der Waals surface area contributed by atoms with Gasteiger partial charge in [0.15, 0.2) is 0 Å². The molecule has 1 heterocycles. The van der Waals surface area contributed by atoms with E-state index >= 15 is 0 Å². The van der Waals surface area contributed by atoms with Gasteiger partial charge in [0.2, 0.25) is 0 Å². The van der Waals surface area contributed by atoms with Crippen LogP contribution in [0.1, 0.15) is 49.0 Å². The van der Waals surface area contributed by atoms with Crippen molar-refractivity contribution in [1.82, 2.24) is 9.78 Å². The molecule has 29 heavy (non-hydrogen) atoms. The number of hydrogen-bond donors (Lipinski definition) is 0. The molecule has 5 nitrogen and oxygen atoms in total. The first-order valence-corrected chi connectivity index (χ1v) is 10.9. The fraction of sp³-hybridized carbons (Fsp3) is 0.391. The van der Waals surface area contributed by atoms with Gasteiger partial charge < -0.3 is 9.47 Å². The second kappa shape index (κ2) is 8.57. The number of nitrogens with zero attached hydrogens (tertiary/aromatic N) is 2. The maximum Gasteiger partial charge on any atom is 0.310 e. The number of halogens is 1. The van der Waals surface area contributed by atoms with Gasteiger partial charge in [0.1, 0.15) is 18.1 Å². The normalized spacial score (nSPS) is 14.0. The van der Waals surface area contributed by atoms with E-state index in [2.05, 4.69) is 38.8 Å². The second-order valence-electron chi connectivity index (χ2n) is 7.47. The van der Waals surface area contributed by atoms with E-state index in [0.717, 1.165) is 37.9 Å². The Labute approximate surface area is 179 Å². The Morgan fingerprint density at radius 2 is 2.10 bits per heavy atom. The molecular weight excluding hydrogens is 432 g/mol. The molecule has 0 bridgehead atoms. The topological polar surface area (TPSA) is 53.4 Å². The number of carbonyl (C=O) groups excluding carboxylic acids is 1. The van der Waals surface area contributed by atoms with Crippen LogP contribution in [0, 0.1) is 6.92 Å². The second-order valence-corrected chi connectivity index (χ2v) is 8.39. The molecule has 3 aromatic rings. The predicted molar refractivity (Wildman–Crippen MR) is 116 cm³/mol. The van der Waals surface area contributed by atoms with E-state index in [0.29, 0.717) is 19.3 Å². The van der Waals surface area contributed by atoms with Gasteiger partial charge in [-0.3, -0.25) is 9.48 Å². The van der Waals surface area contributed by atoms with Crippen LogP contribution in [0.15, 0.2) is 40.9 Å². The summed E-state index contributed by atoms with van der Waals surface area (Å²) in [6, 6.07) is 12.6. The number of hydrogen-bond acceptors (Lipinski definition) is 4. The largest absolute Gasteiger partial charge is 0.487 e. The Balaban J connectivity index is 1.62. The quantitative estimate of drug-likeness (QED) is 0.439. The standard InChI is InChI=1S/C23H25BrN2O3/c1-3-28-22(27)12-16-7-4-6-15(2)23(16)29-14-20-19-13-17(24)10-11-21(19)26(25-20)18-8-5-9-18/h4,6-7,10-11,13,18H,3,5,8-9,12,14H2,1-2H3. The number of carbonyl (C=O) groups is 1. The van der Waals surface area contributed by atoms with Crippen molar-refractivity contribution < 1.29 is 14.3 Å². The minimum atomic E-state index is -0.244. The molecule has 1 aromatic heterocycles. The Bertz CT molecular complexity index is 1040. The van der Waals surface area contributed by atoms with Gasteiger partial charge in [-0.2, -0.15) is 5.10 Å². The van der Waals surface area contributed by atoms with Crippen molar-refractivity contribution in [2.24, 2.45) is 0 Å². The lowest BCUT2D eigenvalue weighted by molar-refractivity contribution is -0.142. The summed E-state index contributed by atoms with van der Waals surface area (Å²) in [5.74, 6) is 0.494. The molecule has 0 amide bonds. The number of para-hydroxylation sites is 1. The van der Waals surface area contributed by atoms with Crippen LogP contribution >= 0.6 is 15.9 Å². The highest BCUT2D eigenvalue weighted by Gasteiger charge is 2.24. The Morgan fingerprint density at radius 3 is 2.83 bits per heavy atom. The van der Waals surface area contributed by atoms with E-state index in [1.54, 1.807) is 0 Å². The minimum Gasteiger partial charge on any atom is -0.487 e. The zero-order valence-electron chi connectivity index (χ0n) is 16.8. The molecule has 1 saturated carbocycles. The SMILES string of the molecule is CCOC(=O)Cc1cccc(C)c1OCc1nn(C2CCC2)c2ccc(Br)cc12. The van der Waals surface area contributed by atoms with Gasteiger partial charge in [-0.05, 0) is 56.9 Å². The number of rotatable bonds is 7. The molecule has 0 saturated heterocycles. The molecule has 1 aliphatic rings. The van der Waals surface area contributed by atoms with Crippen molar-refractivity contribution in [1.29, 1.82) is 0 Å². The first kappa shape index (κ1) is 20.0. The van der Waals surface area contributed by atoms with Crippen molar-refractivity contribution in [3.05, 3.63) is 57.7 Å². The van der Waals surface area contributed by atoms with Gasteiger partial charge in [-0.15, -0.1) is 0 Å². The third kappa shape index (κ3) is 4.17. The molecule has 0 aliphatic heterocycles. The summed E-state index contributed by atoms with van der Waals surface area (Å²) in [7, 11) is 0. The molecule has 0 N–H and O–H groups in total. The minimum absolute atomic E-state index is 0.202. The lowest BCUT2D eigenvalue weighted by Gasteiger charge is -2.26. The van der Waals surface area contributed by atoms with E-state index in [9.17, 15) is 4.79 Å². The van der Waals surface area contributed by atoms with Crippen LogP contribution in [0.2, 0.25) is 0 Å². The van der Waals surface area contributed by atoms with Gasteiger partial charge in [0, 0.05) is 15.4 Å². The summed E-state index contributed by atoms with van der Waals surface area (Å²) >= 11 is 3.58. The Morgan fingerprint density at radius 1 is 1.28 bits per heavy atom. The molecule has 0 radical (unpaired) electrons. The van der Waals surface area contributed by atoms with E-state index in [1.807, 2.05) is 32.0 Å². The van der Waals surface area contributed by atoms with Gasteiger partial charge >= 0.3 is 5.97 Å². The molecule has 4 rings (SSSR count). The van der Waals surface area contributed by atoms with Gasteiger partial charge in [-0.1, -0.05) is 34.1 Å². The fourth-order valence-electron chi connectivity index (χ4n) is 3.76. The summed E-state index contributed by atoms with van der Waals surface area (Å²) < 4.78 is 14.5. The van der Waals surface area contributed by atoms with Crippen LogP contribution in [0.25, 0.3) is 10.9 Å². The highest BCUT2D eigenvalue weighted by molar-refractivity contribution is 9.10. The summed E-state index contributed by atoms with van der Waals surface area (Å²) in [5.41, 5.74) is 3.90. The van der Waals surface area contributed by atoms with Crippen LogP contribution in [-0.4, -0.2) is 22.4 Å². The van der Waals surface area contributed by atoms with Crippen molar-refractivity contribution >= 4 is 32.8 Å². The van der Waals surface area contributed by atoms with Gasteiger partial charge in [0.05, 0.1) is 24.6 Å². The fourth-order valence-corrected chi connectivity index (χ4v) is 4.12. The van der Waals surface area contributed by atoms with Crippen LogP contribution in [-0.2, 0) is 22.6 Å². The van der Waals surface area contributed by atoms with Crippen LogP contribution in [0.3, 0.4) is 0 Å². The maximum atomic E-state index is 12.0. The van der Waals surface area contributed by atoms with Crippen molar-refractivity contribution in [3.63, 3.8) is 0 Å². The molecule has 2 aromatic carbocycles. The average Bonchev–Trinajstić information content (AvgIpc) is 2.97. The number of aryl methyl sites for hydroxylation is 1. The number of ether oxygens (including phenoxy) is 2. The maximum absolute atomic E-state index is 12.0. The van der Waals surface area contributed by atoms with Gasteiger partial charge in [-0.25, -0.2) is 0 Å². The van der Waals surface area contributed by atoms with Crippen LogP contribution in [0.5, 0.6) is 5.75 Å². The third-order valence-corrected chi connectivity index (χ3v) is 5.95. The first-order chi connectivity index (χ1) is 14.1. The van der Waals surface area contributed by atoms with Crippen molar-refractivity contribution in [2.75, 3.05) is 6.61 Å². The molecule has 1 fully saturated rings. The summed E-state index contributed by atoms with van der Waals surface area (Å²) in [6.07, 6.45) is 3.81. The summed E-state index contributed by atoms with van der Waals surface area (Å²) in [6.45, 7) is 4.53. The predicted octanol–water partition coefficient (Wildman–Crippen LogP) is 5.52. The van der Waals surface area contributed by atoms with E-state index in [-0.39, 0.29) is 12.4 Å². The number of aromatic nitrogens is 2. The van der Waals surface area contributed by atoms with Crippen LogP contribution in [0.4, 0.5) is 0 Å². The Hall–Kier alpha value is -2.34. The molecule has 0 spiro atoms. The van der Waals surface area contributed by atoms with E-state index in [1.165, 1.54) is 19.3 Å². The number of benzene rings is 2. The van der Waals surface area contributed by atoms with Crippen molar-refractivity contribution in [2.45, 2.75) is 52.2 Å². The lowest BCUT2D eigenvalue weighted by atomic mass is 9.93. The Kier molecular flexibility index (Phi) is 5.90. The molecule has 1 aliphatic carbocycles. The molecule has 0 unspecified atom stereocenters. The monoisotopic (exact) mass is 456 g/mol. The first-order valence-electron chi connectivity index (χ1n) is 10.1.